The van der Waals surface area contributed by atoms with E-state index in [9.17, 15) is 10.1 Å². The standard InChI is InChI=1S/C26H35N7O2/c1-26(2,3)35-25(34)32-22-19-5-4-6-20(22)12-18(11-19)15-29-23-21(13-27)16-31-24(33-23)30-14-17-7-9-28-10-8-17/h7-10,16,18-20,22H,4-6,11-12,14-15H2,1-3H3,(H,32,34)(H2,29,30,31,33)/t18?,19-,20+,22-. The molecule has 2 heterocycles. The van der Waals surface area contributed by atoms with Crippen molar-refractivity contribution in [3.8, 4) is 6.07 Å². The third-order valence-corrected chi connectivity index (χ3v) is 6.79. The Kier molecular flexibility index (Phi) is 7.69. The number of ether oxygens (including phenoxy) is 1. The van der Waals surface area contributed by atoms with Crippen LogP contribution in [0.4, 0.5) is 16.6 Å². The monoisotopic (exact) mass is 477 g/mol. The molecule has 2 saturated carbocycles. The van der Waals surface area contributed by atoms with Crippen molar-refractivity contribution in [3.05, 3.63) is 41.9 Å². The van der Waals surface area contributed by atoms with Gasteiger partial charge in [-0.1, -0.05) is 6.42 Å². The average molecular weight is 478 g/mol. The average Bonchev–Trinajstić information content (AvgIpc) is 2.81. The van der Waals surface area contributed by atoms with Crippen molar-refractivity contribution in [1.29, 1.82) is 5.26 Å². The Morgan fingerprint density at radius 3 is 2.54 bits per heavy atom. The molecule has 2 aromatic rings. The van der Waals surface area contributed by atoms with Crippen molar-refractivity contribution >= 4 is 17.9 Å². The van der Waals surface area contributed by atoms with Crippen molar-refractivity contribution in [2.24, 2.45) is 17.8 Å². The van der Waals surface area contributed by atoms with Crippen LogP contribution in [0.15, 0.2) is 30.7 Å². The molecular weight excluding hydrogens is 442 g/mol. The number of nitrogens with zero attached hydrogens (tertiary/aromatic N) is 4. The van der Waals surface area contributed by atoms with Gasteiger partial charge in [-0.3, -0.25) is 4.98 Å². The third kappa shape index (κ3) is 6.81. The van der Waals surface area contributed by atoms with Crippen LogP contribution in [0.2, 0.25) is 0 Å². The Hall–Kier alpha value is -3.41. The van der Waals surface area contributed by atoms with Gasteiger partial charge in [0.1, 0.15) is 23.1 Å². The number of amides is 1. The van der Waals surface area contributed by atoms with Gasteiger partial charge < -0.3 is 20.7 Å². The number of hydrogen-bond acceptors (Lipinski definition) is 8. The predicted octanol–water partition coefficient (Wildman–Crippen LogP) is 4.49. The molecule has 9 nitrogen and oxygen atoms in total. The van der Waals surface area contributed by atoms with Crippen molar-refractivity contribution in [2.75, 3.05) is 17.2 Å². The number of nitriles is 1. The summed E-state index contributed by atoms with van der Waals surface area (Å²) in [6.45, 7) is 6.98. The quantitative estimate of drug-likeness (QED) is 0.533. The van der Waals surface area contributed by atoms with E-state index < -0.39 is 5.60 Å². The molecule has 4 atom stereocenters. The summed E-state index contributed by atoms with van der Waals surface area (Å²) in [6, 6.07) is 6.22. The summed E-state index contributed by atoms with van der Waals surface area (Å²) in [5, 5.41) is 19.3. The summed E-state index contributed by atoms with van der Waals surface area (Å²) in [4.78, 5) is 25.3. The Morgan fingerprint density at radius 1 is 1.17 bits per heavy atom. The first-order chi connectivity index (χ1) is 16.8. The van der Waals surface area contributed by atoms with Crippen molar-refractivity contribution in [3.63, 3.8) is 0 Å². The molecule has 3 N–H and O–H groups in total. The van der Waals surface area contributed by atoms with Crippen LogP contribution in [-0.2, 0) is 11.3 Å². The van der Waals surface area contributed by atoms with E-state index in [4.69, 9.17) is 4.74 Å². The maximum atomic E-state index is 12.4. The molecule has 1 unspecified atom stereocenters. The van der Waals surface area contributed by atoms with E-state index in [1.807, 2.05) is 32.9 Å². The Bertz CT molecular complexity index is 1030. The zero-order valence-corrected chi connectivity index (χ0v) is 20.8. The smallest absolute Gasteiger partial charge is 0.407 e. The molecule has 1 amide bonds. The van der Waals surface area contributed by atoms with Gasteiger partial charge in [-0.05, 0) is 81.9 Å². The lowest BCUT2D eigenvalue weighted by Gasteiger charge is -2.46. The molecule has 9 heteroatoms. The number of pyridine rings is 1. The SMILES string of the molecule is CC(C)(C)OC(=O)N[C@@H]1[C@@H]2CCC[C@H]1CC(CNc1nc(NCc3ccncc3)ncc1C#N)C2. The highest BCUT2D eigenvalue weighted by molar-refractivity contribution is 5.68. The van der Waals surface area contributed by atoms with Crippen LogP contribution in [0.3, 0.4) is 0 Å². The molecule has 2 bridgehead atoms. The van der Waals surface area contributed by atoms with Crippen molar-refractivity contribution in [2.45, 2.75) is 71.1 Å². The van der Waals surface area contributed by atoms with Crippen LogP contribution in [0, 0.1) is 29.1 Å². The van der Waals surface area contributed by atoms with E-state index in [1.165, 1.54) is 6.42 Å². The highest BCUT2D eigenvalue weighted by atomic mass is 16.6. The maximum Gasteiger partial charge on any atom is 0.407 e. The molecule has 0 aromatic carbocycles. The van der Waals surface area contributed by atoms with E-state index in [-0.39, 0.29) is 12.1 Å². The highest BCUT2D eigenvalue weighted by Crippen LogP contribution is 2.43. The number of hydrogen-bond donors (Lipinski definition) is 3. The molecule has 2 aromatic heterocycles. The van der Waals surface area contributed by atoms with E-state index in [2.05, 4.69) is 37.0 Å². The van der Waals surface area contributed by atoms with Crippen molar-refractivity contribution < 1.29 is 9.53 Å². The second-order valence-electron chi connectivity index (χ2n) is 10.6. The fourth-order valence-corrected chi connectivity index (χ4v) is 5.32. The Morgan fingerprint density at radius 2 is 1.89 bits per heavy atom. The maximum absolute atomic E-state index is 12.4. The molecule has 4 rings (SSSR count). The number of rotatable bonds is 7. The Labute approximate surface area is 207 Å². The first-order valence-electron chi connectivity index (χ1n) is 12.4. The third-order valence-electron chi connectivity index (χ3n) is 6.79. The number of anilines is 2. The first-order valence-corrected chi connectivity index (χ1v) is 12.4. The van der Waals surface area contributed by atoms with Gasteiger partial charge in [-0.15, -0.1) is 0 Å². The van der Waals surface area contributed by atoms with Gasteiger partial charge in [0, 0.05) is 31.5 Å². The lowest BCUT2D eigenvalue weighted by Crippen LogP contribution is -2.52. The molecule has 0 radical (unpaired) electrons. The minimum absolute atomic E-state index is 0.174. The molecule has 0 saturated heterocycles. The summed E-state index contributed by atoms with van der Waals surface area (Å²) in [5.41, 5.74) is 1.01. The molecule has 2 aliphatic rings. The van der Waals surface area contributed by atoms with Crippen LogP contribution in [-0.4, -0.2) is 39.2 Å². The van der Waals surface area contributed by atoms with Crippen LogP contribution >= 0.6 is 0 Å². The molecule has 0 spiro atoms. The lowest BCUT2D eigenvalue weighted by atomic mass is 9.64. The number of fused-ring (bicyclic) bond motifs is 2. The zero-order valence-electron chi connectivity index (χ0n) is 20.8. The fraction of sp³-hybridized carbons (Fsp3) is 0.577. The van der Waals surface area contributed by atoms with Gasteiger partial charge in [-0.2, -0.15) is 10.2 Å². The minimum atomic E-state index is -0.498. The van der Waals surface area contributed by atoms with E-state index >= 15 is 0 Å². The summed E-state index contributed by atoms with van der Waals surface area (Å²) in [6.07, 6.45) is 10.2. The Balaban J connectivity index is 1.35. The van der Waals surface area contributed by atoms with Gasteiger partial charge in [0.25, 0.3) is 0 Å². The van der Waals surface area contributed by atoms with Crippen LogP contribution in [0.5, 0.6) is 0 Å². The van der Waals surface area contributed by atoms with Gasteiger partial charge in [-0.25, -0.2) is 9.78 Å². The summed E-state index contributed by atoms with van der Waals surface area (Å²) in [5.74, 6) is 2.38. The molecule has 0 aliphatic heterocycles. The van der Waals surface area contributed by atoms with E-state index in [0.29, 0.717) is 41.6 Å². The van der Waals surface area contributed by atoms with Gasteiger partial charge in [0.05, 0.1) is 6.20 Å². The number of carbonyl (C=O) groups excluding carboxylic acids is 1. The number of nitrogens with one attached hydrogen (secondary N) is 3. The van der Waals surface area contributed by atoms with Gasteiger partial charge >= 0.3 is 6.09 Å². The molecular formula is C26H35N7O2. The molecule has 35 heavy (non-hydrogen) atoms. The highest BCUT2D eigenvalue weighted by Gasteiger charge is 2.41. The zero-order chi connectivity index (χ0) is 24.8. The van der Waals surface area contributed by atoms with Gasteiger partial charge in [0.15, 0.2) is 0 Å². The lowest BCUT2D eigenvalue weighted by molar-refractivity contribution is 0.0324. The summed E-state index contributed by atoms with van der Waals surface area (Å²) < 4.78 is 5.51. The second-order valence-corrected chi connectivity index (χ2v) is 10.6. The van der Waals surface area contributed by atoms with E-state index in [0.717, 1.165) is 37.8 Å². The van der Waals surface area contributed by atoms with Crippen LogP contribution in [0.25, 0.3) is 0 Å². The van der Waals surface area contributed by atoms with Crippen LogP contribution < -0.4 is 16.0 Å². The molecule has 186 valence electrons. The largest absolute Gasteiger partial charge is 0.444 e. The fourth-order valence-electron chi connectivity index (χ4n) is 5.32. The topological polar surface area (TPSA) is 125 Å². The number of carbonyl (C=O) groups is 1. The first kappa shape index (κ1) is 24.7. The summed E-state index contributed by atoms with van der Waals surface area (Å²) in [7, 11) is 0. The van der Waals surface area contributed by atoms with Crippen LogP contribution in [0.1, 0.15) is 64.0 Å². The number of aromatic nitrogens is 3. The summed E-state index contributed by atoms with van der Waals surface area (Å²) >= 11 is 0. The number of alkyl carbamates (subject to hydrolysis) is 1. The van der Waals surface area contributed by atoms with Crippen molar-refractivity contribution in [1.82, 2.24) is 20.3 Å². The molecule has 2 aliphatic carbocycles. The van der Waals surface area contributed by atoms with Gasteiger partial charge in [0.2, 0.25) is 5.95 Å². The second kappa shape index (κ2) is 10.9. The van der Waals surface area contributed by atoms with E-state index in [1.54, 1.807) is 18.6 Å². The normalized spacial score (nSPS) is 23.6. The molecule has 2 fully saturated rings. The minimum Gasteiger partial charge on any atom is -0.444 e. The predicted molar refractivity (Wildman–Crippen MR) is 134 cm³/mol.